The van der Waals surface area contributed by atoms with E-state index in [0.29, 0.717) is 6.54 Å². The average molecular weight is 262 g/mol. The summed E-state index contributed by atoms with van der Waals surface area (Å²) in [6.07, 6.45) is 5.73. The number of carbonyl (C=O) groups is 1. The molecule has 0 bridgehead atoms. The lowest BCUT2D eigenvalue weighted by atomic mass is 10.3. The van der Waals surface area contributed by atoms with Gasteiger partial charge in [-0.2, -0.15) is 0 Å². The van der Waals surface area contributed by atoms with Crippen molar-refractivity contribution in [2.45, 2.75) is 6.54 Å². The minimum Gasteiger partial charge on any atom is -0.478 e. The van der Waals surface area contributed by atoms with Crippen LogP contribution in [0, 0.1) is 0 Å². The Morgan fingerprint density at radius 1 is 1.56 bits per heavy atom. The van der Waals surface area contributed by atoms with Gasteiger partial charge in [-0.15, -0.1) is 11.3 Å². The van der Waals surface area contributed by atoms with Gasteiger partial charge >= 0.3 is 11.7 Å². The Morgan fingerprint density at radius 3 is 3.11 bits per heavy atom. The predicted octanol–water partition coefficient (Wildman–Crippen LogP) is 1.45. The molecule has 2 aromatic rings. The van der Waals surface area contributed by atoms with E-state index in [2.05, 4.69) is 4.98 Å². The third-order valence-corrected chi connectivity index (χ3v) is 3.14. The van der Waals surface area contributed by atoms with Crippen LogP contribution in [-0.4, -0.2) is 20.6 Å². The number of carboxylic acids is 1. The molecule has 0 saturated carbocycles. The van der Waals surface area contributed by atoms with Crippen LogP contribution in [0.4, 0.5) is 0 Å². The monoisotopic (exact) mass is 262 g/mol. The summed E-state index contributed by atoms with van der Waals surface area (Å²) in [6.45, 7) is 0.443. The molecule has 0 aliphatic heterocycles. The van der Waals surface area contributed by atoms with Gasteiger partial charge < -0.3 is 5.11 Å². The maximum atomic E-state index is 11.4. The van der Waals surface area contributed by atoms with E-state index in [9.17, 15) is 9.59 Å². The summed E-state index contributed by atoms with van der Waals surface area (Å²) in [6, 6.07) is 3.55. The zero-order valence-corrected chi connectivity index (χ0v) is 10.1. The maximum Gasteiger partial charge on any atom is 0.347 e. The first-order valence-electron chi connectivity index (χ1n) is 5.15. The van der Waals surface area contributed by atoms with Crippen LogP contribution in [0.15, 0.2) is 40.8 Å². The molecule has 2 heterocycles. The Bertz CT molecular complexity index is 643. The minimum atomic E-state index is -0.980. The largest absolute Gasteiger partial charge is 0.478 e. The number of rotatable bonds is 4. The predicted molar refractivity (Wildman–Crippen MR) is 68.6 cm³/mol. The van der Waals surface area contributed by atoms with E-state index in [1.807, 2.05) is 11.4 Å². The summed E-state index contributed by atoms with van der Waals surface area (Å²) in [5, 5.41) is 10.4. The molecule has 0 spiro atoms. The van der Waals surface area contributed by atoms with Crippen LogP contribution in [0.3, 0.4) is 0 Å². The molecule has 0 atom stereocenters. The molecule has 6 heteroatoms. The van der Waals surface area contributed by atoms with Gasteiger partial charge in [0.2, 0.25) is 0 Å². The van der Waals surface area contributed by atoms with Crippen molar-refractivity contribution >= 4 is 23.4 Å². The third-order valence-electron chi connectivity index (χ3n) is 2.20. The highest BCUT2D eigenvalue weighted by Crippen LogP contribution is 2.16. The van der Waals surface area contributed by atoms with Crippen LogP contribution >= 0.6 is 11.3 Å². The van der Waals surface area contributed by atoms with Crippen molar-refractivity contribution in [1.29, 1.82) is 0 Å². The Balaban J connectivity index is 2.14. The van der Waals surface area contributed by atoms with Crippen molar-refractivity contribution in [3.63, 3.8) is 0 Å². The Labute approximate surface area is 107 Å². The summed E-state index contributed by atoms with van der Waals surface area (Å²) in [5.74, 6) is -0.980. The third kappa shape index (κ3) is 3.14. The number of carboxylic acid groups (broad SMARTS) is 1. The zero-order chi connectivity index (χ0) is 13.0. The molecule has 2 aromatic heterocycles. The molecule has 5 nitrogen and oxygen atoms in total. The van der Waals surface area contributed by atoms with Gasteiger partial charge in [0.25, 0.3) is 0 Å². The highest BCUT2D eigenvalue weighted by atomic mass is 32.1. The van der Waals surface area contributed by atoms with Crippen LogP contribution in [0.1, 0.15) is 10.4 Å². The van der Waals surface area contributed by atoms with Gasteiger partial charge in [0.15, 0.2) is 0 Å². The number of aliphatic carboxylic acids is 1. The van der Waals surface area contributed by atoms with Crippen molar-refractivity contribution in [3.05, 3.63) is 56.9 Å². The Morgan fingerprint density at radius 2 is 2.39 bits per heavy atom. The smallest absolute Gasteiger partial charge is 0.347 e. The van der Waals surface area contributed by atoms with Crippen molar-refractivity contribution in [1.82, 2.24) is 9.55 Å². The van der Waals surface area contributed by atoms with Gasteiger partial charge in [0.1, 0.15) is 0 Å². The van der Waals surface area contributed by atoms with Crippen molar-refractivity contribution in [2.75, 3.05) is 0 Å². The van der Waals surface area contributed by atoms with Crippen LogP contribution in [0.25, 0.3) is 6.08 Å². The van der Waals surface area contributed by atoms with E-state index in [1.54, 1.807) is 12.3 Å². The molecule has 0 aliphatic carbocycles. The number of aromatic nitrogens is 2. The lowest BCUT2D eigenvalue weighted by Gasteiger charge is -2.00. The van der Waals surface area contributed by atoms with Crippen LogP contribution < -0.4 is 5.69 Å². The number of thiophene rings is 1. The van der Waals surface area contributed by atoms with Gasteiger partial charge in [-0.3, -0.25) is 4.57 Å². The van der Waals surface area contributed by atoms with Crippen LogP contribution in [0.5, 0.6) is 0 Å². The fourth-order valence-electron chi connectivity index (χ4n) is 1.41. The highest BCUT2D eigenvalue weighted by Gasteiger charge is 2.01. The molecule has 0 aliphatic rings. The van der Waals surface area contributed by atoms with Crippen molar-refractivity contribution < 1.29 is 9.90 Å². The van der Waals surface area contributed by atoms with E-state index in [-0.39, 0.29) is 5.69 Å². The first kappa shape index (κ1) is 12.3. The van der Waals surface area contributed by atoms with Gasteiger partial charge in [-0.05, 0) is 29.2 Å². The lowest BCUT2D eigenvalue weighted by molar-refractivity contribution is -0.131. The Kier molecular flexibility index (Phi) is 3.69. The molecule has 0 fully saturated rings. The fourth-order valence-corrected chi connectivity index (χ4v) is 2.26. The molecule has 0 radical (unpaired) electrons. The second kappa shape index (κ2) is 5.42. The summed E-state index contributed by atoms with van der Waals surface area (Å²) in [5.41, 5.74) is 0.517. The quantitative estimate of drug-likeness (QED) is 0.846. The maximum absolute atomic E-state index is 11.4. The topological polar surface area (TPSA) is 72.2 Å². The van der Waals surface area contributed by atoms with Crippen molar-refractivity contribution in [3.8, 4) is 0 Å². The molecule has 0 amide bonds. The second-order valence-electron chi connectivity index (χ2n) is 3.55. The Hall–Kier alpha value is -2.21. The molecule has 1 N–H and O–H groups in total. The summed E-state index contributed by atoms with van der Waals surface area (Å²) < 4.78 is 1.50. The molecule has 92 valence electrons. The van der Waals surface area contributed by atoms with Crippen LogP contribution in [-0.2, 0) is 11.3 Å². The molecule has 0 aromatic carbocycles. The SMILES string of the molecule is O=C(O)C=Cc1csc(Cn2cccnc2=O)c1. The first-order valence-corrected chi connectivity index (χ1v) is 6.03. The molecule has 0 unspecified atom stereocenters. The number of hydrogen-bond acceptors (Lipinski definition) is 4. The van der Waals surface area contributed by atoms with Gasteiger partial charge in [-0.25, -0.2) is 14.6 Å². The molecule has 18 heavy (non-hydrogen) atoms. The van der Waals surface area contributed by atoms with E-state index < -0.39 is 5.97 Å². The highest BCUT2D eigenvalue weighted by molar-refractivity contribution is 7.10. The zero-order valence-electron chi connectivity index (χ0n) is 9.31. The standard InChI is InChI=1S/C12H10N2O3S/c15-11(16)3-2-9-6-10(18-8-9)7-14-5-1-4-13-12(14)17/h1-6,8H,7H2,(H,15,16). The summed E-state index contributed by atoms with van der Waals surface area (Å²) in [7, 11) is 0. The molecular formula is C12H10N2O3S. The molecular weight excluding hydrogens is 252 g/mol. The second-order valence-corrected chi connectivity index (χ2v) is 4.54. The fraction of sp³-hybridized carbons (Fsp3) is 0.0833. The van der Waals surface area contributed by atoms with E-state index in [0.717, 1.165) is 16.5 Å². The number of hydrogen-bond donors (Lipinski definition) is 1. The minimum absolute atomic E-state index is 0.298. The van der Waals surface area contributed by atoms with E-state index >= 15 is 0 Å². The van der Waals surface area contributed by atoms with Gasteiger partial charge in [-0.1, -0.05) is 0 Å². The number of nitrogens with zero attached hydrogens (tertiary/aromatic N) is 2. The van der Waals surface area contributed by atoms with Gasteiger partial charge in [0.05, 0.1) is 6.54 Å². The molecule has 0 saturated heterocycles. The normalized spacial score (nSPS) is 10.9. The van der Waals surface area contributed by atoms with E-state index in [4.69, 9.17) is 5.11 Å². The van der Waals surface area contributed by atoms with E-state index in [1.165, 1.54) is 28.2 Å². The van der Waals surface area contributed by atoms with Crippen molar-refractivity contribution in [2.24, 2.45) is 0 Å². The van der Waals surface area contributed by atoms with Gasteiger partial charge in [0, 0.05) is 23.3 Å². The molecule has 2 rings (SSSR count). The summed E-state index contributed by atoms with van der Waals surface area (Å²) >= 11 is 1.47. The average Bonchev–Trinajstić information content (AvgIpc) is 2.77. The van der Waals surface area contributed by atoms with Crippen LogP contribution in [0.2, 0.25) is 0 Å². The lowest BCUT2D eigenvalue weighted by Crippen LogP contribution is -2.21. The summed E-state index contributed by atoms with van der Waals surface area (Å²) in [4.78, 5) is 26.4. The first-order chi connectivity index (χ1) is 8.65.